The number of hydrogen-bond acceptors (Lipinski definition) is 3. The molecule has 3 heteroatoms. The number of nitrogens with zero attached hydrogens (tertiary/aromatic N) is 3. The molecule has 3 rings (SSSR count). The van der Waals surface area contributed by atoms with Crippen molar-refractivity contribution in [1.29, 1.82) is 0 Å². The number of pyridine rings is 2. The molecule has 2 heterocycles. The Hall–Kier alpha value is -3.33. The van der Waals surface area contributed by atoms with Crippen molar-refractivity contribution in [3.63, 3.8) is 0 Å². The number of benzene rings is 1. The standard InChI is InChI=1S/C23H21N3/c1-4-6-20(15-24-3)23-14-21(19-7-5-12-25-16-19)13-22(26-23)18-10-8-17(2)9-11-18/h4-16H,1H2,2-3H3/b20-6+,24-15?. The van der Waals surface area contributed by atoms with E-state index >= 15 is 0 Å². The van der Waals surface area contributed by atoms with Crippen LogP contribution >= 0.6 is 0 Å². The minimum absolute atomic E-state index is 0.854. The Morgan fingerprint density at radius 2 is 1.85 bits per heavy atom. The average molecular weight is 339 g/mol. The minimum Gasteiger partial charge on any atom is -0.296 e. The van der Waals surface area contributed by atoms with Gasteiger partial charge in [-0.25, -0.2) is 4.98 Å². The van der Waals surface area contributed by atoms with E-state index in [1.54, 1.807) is 25.5 Å². The van der Waals surface area contributed by atoms with Gasteiger partial charge < -0.3 is 0 Å². The summed E-state index contributed by atoms with van der Waals surface area (Å²) in [5.74, 6) is 0. The van der Waals surface area contributed by atoms with Crippen molar-refractivity contribution >= 4 is 11.8 Å². The van der Waals surface area contributed by atoms with Crippen LogP contribution in [0.3, 0.4) is 0 Å². The van der Waals surface area contributed by atoms with Gasteiger partial charge in [0.2, 0.25) is 0 Å². The molecule has 0 spiro atoms. The van der Waals surface area contributed by atoms with Crippen molar-refractivity contribution < 1.29 is 0 Å². The van der Waals surface area contributed by atoms with Gasteiger partial charge in [-0.2, -0.15) is 0 Å². The van der Waals surface area contributed by atoms with Crippen molar-refractivity contribution in [2.75, 3.05) is 7.05 Å². The molecule has 0 saturated heterocycles. The fraction of sp³-hybridized carbons (Fsp3) is 0.0870. The average Bonchev–Trinajstić information content (AvgIpc) is 2.69. The number of aryl methyl sites for hydroxylation is 1. The van der Waals surface area contributed by atoms with E-state index in [1.807, 2.05) is 18.3 Å². The Labute approximate surface area is 154 Å². The van der Waals surface area contributed by atoms with Gasteiger partial charge in [-0.3, -0.25) is 9.98 Å². The Bertz CT molecular complexity index is 953. The number of rotatable bonds is 5. The first-order valence-corrected chi connectivity index (χ1v) is 8.46. The van der Waals surface area contributed by atoms with Gasteiger partial charge in [-0.15, -0.1) is 0 Å². The normalized spacial score (nSPS) is 11.7. The molecule has 0 fully saturated rings. The quantitative estimate of drug-likeness (QED) is 0.462. The van der Waals surface area contributed by atoms with Crippen LogP contribution in [-0.2, 0) is 0 Å². The maximum Gasteiger partial charge on any atom is 0.0731 e. The fourth-order valence-corrected chi connectivity index (χ4v) is 2.71. The zero-order valence-electron chi connectivity index (χ0n) is 15.1. The molecular weight excluding hydrogens is 318 g/mol. The van der Waals surface area contributed by atoms with Crippen molar-refractivity contribution in [2.45, 2.75) is 6.92 Å². The highest BCUT2D eigenvalue weighted by atomic mass is 14.7. The number of aliphatic imine (C=N–C) groups is 1. The van der Waals surface area contributed by atoms with E-state index in [0.717, 1.165) is 33.7 Å². The summed E-state index contributed by atoms with van der Waals surface area (Å²) >= 11 is 0. The van der Waals surface area contributed by atoms with Gasteiger partial charge in [0.05, 0.1) is 11.4 Å². The van der Waals surface area contributed by atoms with Gasteiger partial charge in [0.1, 0.15) is 0 Å². The van der Waals surface area contributed by atoms with Crippen LogP contribution in [0.25, 0.3) is 28.0 Å². The number of allylic oxidation sites excluding steroid dienone is 3. The molecule has 128 valence electrons. The van der Waals surface area contributed by atoms with E-state index < -0.39 is 0 Å². The van der Waals surface area contributed by atoms with E-state index in [4.69, 9.17) is 4.98 Å². The zero-order valence-corrected chi connectivity index (χ0v) is 15.1. The molecule has 0 bridgehead atoms. The zero-order chi connectivity index (χ0) is 18.4. The third kappa shape index (κ3) is 4.01. The summed E-state index contributed by atoms with van der Waals surface area (Å²) in [6, 6.07) is 16.5. The summed E-state index contributed by atoms with van der Waals surface area (Å²) in [5.41, 5.74) is 7.11. The van der Waals surface area contributed by atoms with Gasteiger partial charge in [-0.05, 0) is 30.7 Å². The lowest BCUT2D eigenvalue weighted by atomic mass is 10.0. The lowest BCUT2D eigenvalue weighted by Gasteiger charge is -2.10. The summed E-state index contributed by atoms with van der Waals surface area (Å²) in [6.07, 6.45) is 9.11. The summed E-state index contributed by atoms with van der Waals surface area (Å²) in [7, 11) is 1.75. The van der Waals surface area contributed by atoms with E-state index in [0.29, 0.717) is 0 Å². The third-order valence-corrected chi connectivity index (χ3v) is 4.03. The maximum atomic E-state index is 4.87. The number of aromatic nitrogens is 2. The van der Waals surface area contributed by atoms with Gasteiger partial charge in [0.25, 0.3) is 0 Å². The van der Waals surface area contributed by atoms with Gasteiger partial charge in [0.15, 0.2) is 0 Å². The second-order valence-electron chi connectivity index (χ2n) is 5.98. The minimum atomic E-state index is 0.854. The lowest BCUT2D eigenvalue weighted by molar-refractivity contribution is 1.27. The smallest absolute Gasteiger partial charge is 0.0731 e. The van der Waals surface area contributed by atoms with Crippen LogP contribution < -0.4 is 0 Å². The Kier molecular flexibility index (Phi) is 5.49. The molecule has 0 radical (unpaired) electrons. The predicted molar refractivity (Wildman–Crippen MR) is 110 cm³/mol. The monoisotopic (exact) mass is 339 g/mol. The Balaban J connectivity index is 2.21. The van der Waals surface area contributed by atoms with Crippen molar-refractivity contribution in [3.8, 4) is 22.4 Å². The summed E-state index contributed by atoms with van der Waals surface area (Å²) < 4.78 is 0. The van der Waals surface area contributed by atoms with Crippen LogP contribution in [0.4, 0.5) is 0 Å². The van der Waals surface area contributed by atoms with Crippen LogP contribution in [0.1, 0.15) is 11.3 Å². The molecule has 0 aliphatic carbocycles. The van der Waals surface area contributed by atoms with E-state index in [1.165, 1.54) is 5.56 Å². The molecule has 2 aromatic heterocycles. The van der Waals surface area contributed by atoms with Crippen LogP contribution in [0.15, 0.2) is 84.6 Å². The summed E-state index contributed by atoms with van der Waals surface area (Å²) in [5, 5.41) is 0. The molecule has 0 atom stereocenters. The van der Waals surface area contributed by atoms with Crippen molar-refractivity contribution in [1.82, 2.24) is 9.97 Å². The van der Waals surface area contributed by atoms with E-state index in [-0.39, 0.29) is 0 Å². The highest BCUT2D eigenvalue weighted by molar-refractivity contribution is 6.09. The molecule has 0 aliphatic rings. The first-order chi connectivity index (χ1) is 12.7. The molecule has 0 unspecified atom stereocenters. The second-order valence-corrected chi connectivity index (χ2v) is 5.98. The Morgan fingerprint density at radius 3 is 2.50 bits per heavy atom. The maximum absolute atomic E-state index is 4.87. The molecule has 3 aromatic rings. The molecule has 0 amide bonds. The first kappa shape index (κ1) is 17.5. The van der Waals surface area contributed by atoms with Gasteiger partial charge >= 0.3 is 0 Å². The second kappa shape index (κ2) is 8.17. The van der Waals surface area contributed by atoms with Crippen LogP contribution in [-0.4, -0.2) is 23.2 Å². The fourth-order valence-electron chi connectivity index (χ4n) is 2.71. The molecule has 1 aromatic carbocycles. The number of hydrogen-bond donors (Lipinski definition) is 0. The first-order valence-electron chi connectivity index (χ1n) is 8.46. The molecule has 26 heavy (non-hydrogen) atoms. The Morgan fingerprint density at radius 1 is 1.04 bits per heavy atom. The summed E-state index contributed by atoms with van der Waals surface area (Å²) in [6.45, 7) is 5.88. The SMILES string of the molecule is C=C/C=C(\C=NC)c1cc(-c2cccnc2)cc(-c2ccc(C)cc2)n1. The predicted octanol–water partition coefficient (Wildman–Crippen LogP) is 5.39. The highest BCUT2D eigenvalue weighted by Gasteiger charge is 2.09. The van der Waals surface area contributed by atoms with Gasteiger partial charge in [-0.1, -0.05) is 54.6 Å². The molecule has 0 saturated carbocycles. The van der Waals surface area contributed by atoms with Crippen LogP contribution in [0.5, 0.6) is 0 Å². The van der Waals surface area contributed by atoms with Crippen LogP contribution in [0.2, 0.25) is 0 Å². The molecule has 3 nitrogen and oxygen atoms in total. The van der Waals surface area contributed by atoms with Crippen LogP contribution in [0, 0.1) is 6.92 Å². The molecule has 0 aliphatic heterocycles. The van der Waals surface area contributed by atoms with E-state index in [9.17, 15) is 0 Å². The van der Waals surface area contributed by atoms with Crippen molar-refractivity contribution in [2.24, 2.45) is 4.99 Å². The van der Waals surface area contributed by atoms with Gasteiger partial charge in [0, 0.05) is 42.4 Å². The molecular formula is C23H21N3. The summed E-state index contributed by atoms with van der Waals surface area (Å²) in [4.78, 5) is 13.3. The largest absolute Gasteiger partial charge is 0.296 e. The lowest BCUT2D eigenvalue weighted by Crippen LogP contribution is -1.96. The highest BCUT2D eigenvalue weighted by Crippen LogP contribution is 2.28. The van der Waals surface area contributed by atoms with Crippen molar-refractivity contribution in [3.05, 3.63) is 90.9 Å². The topological polar surface area (TPSA) is 38.1 Å². The van der Waals surface area contributed by atoms with E-state index in [2.05, 4.69) is 65.9 Å². The third-order valence-electron chi connectivity index (χ3n) is 4.03. The molecule has 0 N–H and O–H groups in total.